The molecule has 0 spiro atoms. The second-order valence-electron chi connectivity index (χ2n) is 6.73. The topological polar surface area (TPSA) is 66.4 Å². The monoisotopic (exact) mass is 337 g/mol. The van der Waals surface area contributed by atoms with Gasteiger partial charge in [-0.15, -0.1) is 0 Å². The van der Waals surface area contributed by atoms with Gasteiger partial charge in [0.1, 0.15) is 0 Å². The number of hydrogen-bond acceptors (Lipinski definition) is 2. The Morgan fingerprint density at radius 3 is 2.56 bits per heavy atom. The molecular formula is C21H23NO3. The highest BCUT2D eigenvalue weighted by atomic mass is 16.4. The number of fused-ring (bicyclic) bond motifs is 1. The van der Waals surface area contributed by atoms with Crippen molar-refractivity contribution in [2.24, 2.45) is 5.92 Å². The average molecular weight is 337 g/mol. The van der Waals surface area contributed by atoms with Gasteiger partial charge in [0, 0.05) is 12.1 Å². The zero-order valence-corrected chi connectivity index (χ0v) is 14.4. The highest BCUT2D eigenvalue weighted by Crippen LogP contribution is 2.25. The molecule has 1 amide bonds. The van der Waals surface area contributed by atoms with Gasteiger partial charge in [0.2, 0.25) is 5.91 Å². The van der Waals surface area contributed by atoms with Crippen LogP contribution in [-0.4, -0.2) is 23.0 Å². The zero-order chi connectivity index (χ0) is 17.8. The molecule has 25 heavy (non-hydrogen) atoms. The van der Waals surface area contributed by atoms with E-state index in [-0.39, 0.29) is 11.9 Å². The second-order valence-corrected chi connectivity index (χ2v) is 6.73. The van der Waals surface area contributed by atoms with Gasteiger partial charge in [-0.25, -0.2) is 0 Å². The Hall–Kier alpha value is -2.62. The van der Waals surface area contributed by atoms with Gasteiger partial charge in [0.25, 0.3) is 0 Å². The molecule has 1 fully saturated rings. The molecule has 2 aromatic rings. The lowest BCUT2D eigenvalue weighted by molar-refractivity contribution is -0.144. The number of aliphatic carboxylic acids is 1. The minimum atomic E-state index is -0.819. The molecule has 0 aliphatic heterocycles. The van der Waals surface area contributed by atoms with Crippen LogP contribution in [0, 0.1) is 5.92 Å². The third-order valence-corrected chi connectivity index (χ3v) is 4.96. The quantitative estimate of drug-likeness (QED) is 0.829. The van der Waals surface area contributed by atoms with Crippen LogP contribution in [0.5, 0.6) is 0 Å². The van der Waals surface area contributed by atoms with Crippen LogP contribution in [-0.2, 0) is 9.59 Å². The first-order valence-corrected chi connectivity index (χ1v) is 8.75. The molecular weight excluding hydrogens is 314 g/mol. The van der Waals surface area contributed by atoms with Crippen LogP contribution < -0.4 is 5.32 Å². The maximum absolute atomic E-state index is 12.3. The van der Waals surface area contributed by atoms with E-state index in [0.29, 0.717) is 6.42 Å². The number of nitrogens with one attached hydrogen (secondary N) is 1. The second kappa shape index (κ2) is 7.51. The molecule has 3 rings (SSSR count). The first-order valence-electron chi connectivity index (χ1n) is 8.75. The lowest BCUT2D eigenvalue weighted by atomic mass is 9.84. The molecule has 0 bridgehead atoms. The lowest BCUT2D eigenvalue weighted by Gasteiger charge is -2.28. The van der Waals surface area contributed by atoms with E-state index < -0.39 is 11.9 Å². The van der Waals surface area contributed by atoms with Crippen molar-refractivity contribution >= 4 is 28.2 Å². The largest absolute Gasteiger partial charge is 0.481 e. The normalized spacial score (nSPS) is 21.1. The predicted molar refractivity (Wildman–Crippen MR) is 99.1 cm³/mol. The number of hydrogen-bond donors (Lipinski definition) is 2. The summed E-state index contributed by atoms with van der Waals surface area (Å²) < 4.78 is 0. The maximum Gasteiger partial charge on any atom is 0.308 e. The summed E-state index contributed by atoms with van der Waals surface area (Å²) in [5.74, 6) is -1.52. The van der Waals surface area contributed by atoms with E-state index >= 15 is 0 Å². The van der Waals surface area contributed by atoms with Crippen LogP contribution in [0.2, 0.25) is 0 Å². The highest BCUT2D eigenvalue weighted by molar-refractivity contribution is 5.96. The molecule has 0 saturated heterocycles. The van der Waals surface area contributed by atoms with Crippen molar-refractivity contribution in [3.8, 4) is 0 Å². The van der Waals surface area contributed by atoms with Gasteiger partial charge in [-0.05, 0) is 47.7 Å². The third-order valence-electron chi connectivity index (χ3n) is 4.96. The molecule has 0 unspecified atom stereocenters. The maximum atomic E-state index is 12.3. The molecule has 1 saturated carbocycles. The SMILES string of the molecule is CC(=CC(=O)N[C@@H]1CCCC[C@@H]1C(=O)O)c1ccc2ccccc2c1. The van der Waals surface area contributed by atoms with Crippen LogP contribution in [0.4, 0.5) is 0 Å². The van der Waals surface area contributed by atoms with Crippen LogP contribution in [0.3, 0.4) is 0 Å². The van der Waals surface area contributed by atoms with Crippen molar-refractivity contribution in [1.82, 2.24) is 5.32 Å². The zero-order valence-electron chi connectivity index (χ0n) is 14.4. The Kier molecular flexibility index (Phi) is 5.17. The molecule has 1 aliphatic rings. The number of carbonyl (C=O) groups is 2. The number of carbonyl (C=O) groups excluding carboxylic acids is 1. The molecule has 2 atom stereocenters. The van der Waals surface area contributed by atoms with Crippen LogP contribution >= 0.6 is 0 Å². The van der Waals surface area contributed by atoms with Crippen molar-refractivity contribution < 1.29 is 14.7 Å². The first kappa shape index (κ1) is 17.2. The lowest BCUT2D eigenvalue weighted by Crippen LogP contribution is -2.44. The molecule has 4 heteroatoms. The Labute approximate surface area is 147 Å². The summed E-state index contributed by atoms with van der Waals surface area (Å²) in [7, 11) is 0. The summed E-state index contributed by atoms with van der Waals surface area (Å²) in [5, 5.41) is 14.5. The fourth-order valence-electron chi connectivity index (χ4n) is 3.54. The van der Waals surface area contributed by atoms with Crippen LogP contribution in [0.1, 0.15) is 38.2 Å². The number of carboxylic acid groups (broad SMARTS) is 1. The molecule has 0 aromatic heterocycles. The molecule has 2 N–H and O–H groups in total. The summed E-state index contributed by atoms with van der Waals surface area (Å²) in [6.45, 7) is 1.90. The smallest absolute Gasteiger partial charge is 0.308 e. The van der Waals surface area contributed by atoms with Crippen LogP contribution in [0.15, 0.2) is 48.5 Å². The van der Waals surface area contributed by atoms with Gasteiger partial charge < -0.3 is 10.4 Å². The number of benzene rings is 2. The minimum absolute atomic E-state index is 0.219. The van der Waals surface area contributed by atoms with Crippen molar-refractivity contribution in [2.75, 3.05) is 0 Å². The Bertz CT molecular complexity index is 825. The summed E-state index contributed by atoms with van der Waals surface area (Å²) in [5.41, 5.74) is 1.86. The Morgan fingerprint density at radius 2 is 1.80 bits per heavy atom. The standard InChI is InChI=1S/C21H23NO3/c1-14(16-11-10-15-6-2-3-7-17(15)13-16)12-20(23)22-19-9-5-4-8-18(19)21(24)25/h2-3,6-7,10-13,18-19H,4-5,8-9H2,1H3,(H,22,23)(H,24,25)/t18-,19+/m0/s1. The summed E-state index contributed by atoms with van der Waals surface area (Å²) in [6, 6.07) is 13.9. The molecule has 4 nitrogen and oxygen atoms in total. The van der Waals surface area contributed by atoms with Gasteiger partial charge in [-0.2, -0.15) is 0 Å². The predicted octanol–water partition coefficient (Wildman–Crippen LogP) is 4.00. The van der Waals surface area contributed by atoms with Crippen molar-refractivity contribution in [1.29, 1.82) is 0 Å². The first-order chi connectivity index (χ1) is 12.0. The fourth-order valence-corrected chi connectivity index (χ4v) is 3.54. The van der Waals surface area contributed by atoms with E-state index in [2.05, 4.69) is 17.4 Å². The summed E-state index contributed by atoms with van der Waals surface area (Å²) >= 11 is 0. The molecule has 130 valence electrons. The molecule has 0 radical (unpaired) electrons. The van der Waals surface area contributed by atoms with E-state index in [1.807, 2.05) is 37.3 Å². The van der Waals surface area contributed by atoms with Gasteiger partial charge in [-0.3, -0.25) is 9.59 Å². The average Bonchev–Trinajstić information content (AvgIpc) is 2.61. The van der Waals surface area contributed by atoms with E-state index in [9.17, 15) is 14.7 Å². The number of rotatable bonds is 4. The van der Waals surface area contributed by atoms with Crippen molar-refractivity contribution in [3.63, 3.8) is 0 Å². The van der Waals surface area contributed by atoms with Gasteiger partial charge >= 0.3 is 5.97 Å². The Morgan fingerprint density at radius 1 is 1.08 bits per heavy atom. The van der Waals surface area contributed by atoms with E-state index in [4.69, 9.17) is 0 Å². The van der Waals surface area contributed by atoms with Crippen molar-refractivity contribution in [3.05, 3.63) is 54.1 Å². The van der Waals surface area contributed by atoms with E-state index in [1.165, 1.54) is 0 Å². The summed E-state index contributed by atoms with van der Waals surface area (Å²) in [4.78, 5) is 23.7. The minimum Gasteiger partial charge on any atom is -0.481 e. The number of carboxylic acids is 1. The summed E-state index contributed by atoms with van der Waals surface area (Å²) in [6.07, 6.45) is 4.80. The van der Waals surface area contributed by atoms with Gasteiger partial charge in [-0.1, -0.05) is 49.2 Å². The highest BCUT2D eigenvalue weighted by Gasteiger charge is 2.31. The van der Waals surface area contributed by atoms with E-state index in [0.717, 1.165) is 41.2 Å². The Balaban J connectivity index is 1.74. The molecule has 2 aromatic carbocycles. The van der Waals surface area contributed by atoms with Gasteiger partial charge in [0.15, 0.2) is 0 Å². The fraction of sp³-hybridized carbons (Fsp3) is 0.333. The van der Waals surface area contributed by atoms with Crippen molar-refractivity contribution in [2.45, 2.75) is 38.6 Å². The molecule has 0 heterocycles. The van der Waals surface area contributed by atoms with E-state index in [1.54, 1.807) is 6.08 Å². The number of allylic oxidation sites excluding steroid dienone is 1. The van der Waals surface area contributed by atoms with Crippen LogP contribution in [0.25, 0.3) is 16.3 Å². The third kappa shape index (κ3) is 4.08. The molecule has 1 aliphatic carbocycles. The van der Waals surface area contributed by atoms with Gasteiger partial charge in [0.05, 0.1) is 5.92 Å². The number of amides is 1.